The Balaban J connectivity index is 1.74. The van der Waals surface area contributed by atoms with Crippen molar-refractivity contribution in [1.82, 2.24) is 4.98 Å². The largest absolute Gasteiger partial charge is 0.481 e. The third-order valence-electron chi connectivity index (χ3n) is 4.59. The summed E-state index contributed by atoms with van der Waals surface area (Å²) in [4.78, 5) is 29.8. The molecule has 1 amide bonds. The maximum absolute atomic E-state index is 14.0. The fraction of sp³-hybridized carbons (Fsp3) is 0.211. The van der Waals surface area contributed by atoms with E-state index in [0.717, 1.165) is 29.0 Å². The summed E-state index contributed by atoms with van der Waals surface area (Å²) < 4.78 is 27.6. The maximum atomic E-state index is 14.0. The average Bonchev–Trinajstić information content (AvgIpc) is 3.01. The van der Waals surface area contributed by atoms with Crippen molar-refractivity contribution >= 4 is 50.7 Å². The zero-order valence-corrected chi connectivity index (χ0v) is 15.9. The number of aromatic nitrogens is 1. The molecule has 144 valence electrons. The number of hydrogen-bond donors (Lipinski definition) is 1. The molecule has 9 heteroatoms. The number of hydrogen-bond acceptors (Lipinski definition) is 4. The summed E-state index contributed by atoms with van der Waals surface area (Å²) in [5.41, 5.74) is 1.55. The number of nitrogens with zero attached hydrogens (tertiary/aromatic N) is 2. The zero-order valence-electron chi connectivity index (χ0n) is 14.3. The Labute approximate surface area is 167 Å². The van der Waals surface area contributed by atoms with Gasteiger partial charge in [-0.15, -0.1) is 11.3 Å². The second-order valence-electron chi connectivity index (χ2n) is 6.54. The van der Waals surface area contributed by atoms with E-state index in [4.69, 9.17) is 16.7 Å². The highest BCUT2D eigenvalue weighted by Gasteiger charge is 2.34. The standard InChI is InChI=1S/C19H13ClF2N2O3S/c20-11-2-1-9-3-10(4-17(25)26)19(27)24(15(9)5-11)8-16-23-14-7-12(21)6-13(22)18(14)28-16/h1-2,5-7,10H,3-4,8H2,(H,25,26). The first-order chi connectivity index (χ1) is 13.3. The van der Waals surface area contributed by atoms with Gasteiger partial charge in [-0.2, -0.15) is 0 Å². The minimum absolute atomic E-state index is 0.0166. The molecule has 0 bridgehead atoms. The zero-order chi connectivity index (χ0) is 20.0. The van der Waals surface area contributed by atoms with Crippen molar-refractivity contribution in [2.75, 3.05) is 4.90 Å². The predicted molar refractivity (Wildman–Crippen MR) is 102 cm³/mol. The molecule has 0 aliphatic carbocycles. The van der Waals surface area contributed by atoms with Gasteiger partial charge in [0.25, 0.3) is 0 Å². The maximum Gasteiger partial charge on any atom is 0.304 e. The van der Waals surface area contributed by atoms with Crippen molar-refractivity contribution in [3.8, 4) is 0 Å². The third-order valence-corrected chi connectivity index (χ3v) is 5.89. The molecular weight excluding hydrogens is 410 g/mol. The van der Waals surface area contributed by atoms with Gasteiger partial charge in [0.15, 0.2) is 0 Å². The third kappa shape index (κ3) is 3.45. The van der Waals surface area contributed by atoms with E-state index in [0.29, 0.717) is 22.1 Å². The Morgan fingerprint density at radius 2 is 2.11 bits per heavy atom. The highest BCUT2D eigenvalue weighted by atomic mass is 35.5. The fourth-order valence-corrected chi connectivity index (χ4v) is 4.50. The molecule has 0 saturated heterocycles. The van der Waals surface area contributed by atoms with Gasteiger partial charge in [0.2, 0.25) is 5.91 Å². The molecule has 2 heterocycles. The van der Waals surface area contributed by atoms with Crippen LogP contribution in [0.2, 0.25) is 5.02 Å². The van der Waals surface area contributed by atoms with Crippen LogP contribution >= 0.6 is 22.9 Å². The molecule has 1 aliphatic rings. The molecule has 1 N–H and O–H groups in total. The highest BCUT2D eigenvalue weighted by molar-refractivity contribution is 7.18. The number of carbonyl (C=O) groups excluding carboxylic acids is 1. The van der Waals surface area contributed by atoms with E-state index in [1.807, 2.05) is 0 Å². The summed E-state index contributed by atoms with van der Waals surface area (Å²) in [5, 5.41) is 9.97. The van der Waals surface area contributed by atoms with Crippen molar-refractivity contribution in [2.24, 2.45) is 5.92 Å². The Hall–Kier alpha value is -2.58. The Morgan fingerprint density at radius 1 is 1.32 bits per heavy atom. The lowest BCUT2D eigenvalue weighted by Crippen LogP contribution is -2.41. The molecule has 2 aromatic carbocycles. The number of fused-ring (bicyclic) bond motifs is 2. The second kappa shape index (κ2) is 7.10. The summed E-state index contributed by atoms with van der Waals surface area (Å²) in [6.45, 7) is 0.0166. The molecule has 3 aromatic rings. The number of carboxylic acid groups (broad SMARTS) is 1. The van der Waals surface area contributed by atoms with E-state index >= 15 is 0 Å². The Morgan fingerprint density at radius 3 is 2.86 bits per heavy atom. The molecule has 0 spiro atoms. The van der Waals surface area contributed by atoms with Crippen LogP contribution in [0.1, 0.15) is 17.0 Å². The van der Waals surface area contributed by atoms with Crippen molar-refractivity contribution in [3.63, 3.8) is 0 Å². The minimum Gasteiger partial charge on any atom is -0.481 e. The number of carboxylic acids is 1. The first kappa shape index (κ1) is 18.8. The number of anilines is 1. The first-order valence-corrected chi connectivity index (χ1v) is 9.57. The van der Waals surface area contributed by atoms with E-state index in [-0.39, 0.29) is 29.1 Å². The van der Waals surface area contributed by atoms with Gasteiger partial charge in [-0.05, 0) is 24.1 Å². The molecule has 4 rings (SSSR count). The van der Waals surface area contributed by atoms with Crippen LogP contribution in [-0.2, 0) is 22.6 Å². The number of aliphatic carboxylic acids is 1. The van der Waals surface area contributed by atoms with Gasteiger partial charge in [0, 0.05) is 22.8 Å². The van der Waals surface area contributed by atoms with Gasteiger partial charge in [0.1, 0.15) is 16.6 Å². The smallest absolute Gasteiger partial charge is 0.304 e. The fourth-order valence-electron chi connectivity index (χ4n) is 3.39. The van der Waals surface area contributed by atoms with E-state index in [1.165, 1.54) is 4.90 Å². The van der Waals surface area contributed by atoms with Crippen LogP contribution in [0.5, 0.6) is 0 Å². The van der Waals surface area contributed by atoms with E-state index in [2.05, 4.69) is 4.98 Å². The second-order valence-corrected chi connectivity index (χ2v) is 8.06. The van der Waals surface area contributed by atoms with Crippen molar-refractivity contribution in [3.05, 3.63) is 57.6 Å². The van der Waals surface area contributed by atoms with Gasteiger partial charge < -0.3 is 10.0 Å². The Kier molecular flexibility index (Phi) is 4.76. The minimum atomic E-state index is -1.06. The van der Waals surface area contributed by atoms with E-state index in [1.54, 1.807) is 18.2 Å². The van der Waals surface area contributed by atoms with Crippen LogP contribution in [0.4, 0.5) is 14.5 Å². The van der Waals surface area contributed by atoms with Crippen LogP contribution in [0.3, 0.4) is 0 Å². The van der Waals surface area contributed by atoms with Crippen LogP contribution in [0.25, 0.3) is 10.2 Å². The first-order valence-electron chi connectivity index (χ1n) is 8.38. The van der Waals surface area contributed by atoms with Crippen LogP contribution in [0, 0.1) is 17.6 Å². The SMILES string of the molecule is O=C(O)CC1Cc2ccc(Cl)cc2N(Cc2nc3cc(F)cc(F)c3s2)C1=O. The summed E-state index contributed by atoms with van der Waals surface area (Å²) in [5.74, 6) is -3.57. The topological polar surface area (TPSA) is 70.5 Å². The summed E-state index contributed by atoms with van der Waals surface area (Å²) in [6.07, 6.45) is 0.00486. The van der Waals surface area contributed by atoms with Crippen LogP contribution < -0.4 is 4.90 Å². The van der Waals surface area contributed by atoms with Crippen molar-refractivity contribution in [1.29, 1.82) is 0 Å². The van der Waals surface area contributed by atoms with Crippen LogP contribution in [0.15, 0.2) is 30.3 Å². The molecule has 1 aromatic heterocycles. The quantitative estimate of drug-likeness (QED) is 0.676. The normalized spacial score (nSPS) is 16.5. The highest BCUT2D eigenvalue weighted by Crippen LogP contribution is 2.36. The van der Waals surface area contributed by atoms with Crippen molar-refractivity contribution in [2.45, 2.75) is 19.4 Å². The molecule has 1 unspecified atom stereocenters. The monoisotopic (exact) mass is 422 g/mol. The van der Waals surface area contributed by atoms with Gasteiger partial charge in [-0.3, -0.25) is 9.59 Å². The number of carbonyl (C=O) groups is 2. The molecule has 0 saturated carbocycles. The summed E-state index contributed by atoms with van der Waals surface area (Å²) >= 11 is 7.11. The molecule has 1 atom stereocenters. The number of benzene rings is 2. The lowest BCUT2D eigenvalue weighted by molar-refractivity contribution is -0.140. The van der Waals surface area contributed by atoms with Gasteiger partial charge in [0.05, 0.1) is 29.1 Å². The lowest BCUT2D eigenvalue weighted by atomic mass is 9.89. The average molecular weight is 423 g/mol. The molecular formula is C19H13ClF2N2O3S. The summed E-state index contributed by atoms with van der Waals surface area (Å²) in [7, 11) is 0. The van der Waals surface area contributed by atoms with Gasteiger partial charge in [-0.25, -0.2) is 13.8 Å². The van der Waals surface area contributed by atoms with E-state index < -0.39 is 23.5 Å². The molecule has 0 fully saturated rings. The lowest BCUT2D eigenvalue weighted by Gasteiger charge is -2.33. The van der Waals surface area contributed by atoms with Gasteiger partial charge >= 0.3 is 5.97 Å². The van der Waals surface area contributed by atoms with Crippen LogP contribution in [-0.4, -0.2) is 22.0 Å². The van der Waals surface area contributed by atoms with Crippen molar-refractivity contribution < 1.29 is 23.5 Å². The van der Waals surface area contributed by atoms with Gasteiger partial charge in [-0.1, -0.05) is 17.7 Å². The molecule has 28 heavy (non-hydrogen) atoms. The summed E-state index contributed by atoms with van der Waals surface area (Å²) in [6, 6.07) is 7.00. The number of amides is 1. The number of rotatable bonds is 4. The molecule has 1 aliphatic heterocycles. The number of thiazole rings is 1. The van der Waals surface area contributed by atoms with E-state index in [9.17, 15) is 18.4 Å². The Bertz CT molecular complexity index is 1120. The molecule has 5 nitrogen and oxygen atoms in total. The molecule has 0 radical (unpaired) electrons. The number of halogens is 3. The predicted octanol–water partition coefficient (Wildman–Crippen LogP) is 4.41.